The number of hydrogen-bond acceptors (Lipinski definition) is 8. The number of alkyl halides is 3. The second-order valence-corrected chi connectivity index (χ2v) is 9.07. The van der Waals surface area contributed by atoms with Crippen molar-refractivity contribution >= 4 is 28.7 Å². The smallest absolute Gasteiger partial charge is 0.397 e. The van der Waals surface area contributed by atoms with Gasteiger partial charge < -0.3 is 20.9 Å². The molecule has 3 rings (SSSR count). The molecule has 38 heavy (non-hydrogen) atoms. The average Bonchev–Trinajstić information content (AvgIpc) is 2.87. The van der Waals surface area contributed by atoms with E-state index in [1.807, 2.05) is 19.0 Å². The molecule has 9 nitrogen and oxygen atoms in total. The number of likely N-dealkylation sites (N-methyl/N-ethyl adjacent to an activating group) is 2. The Bertz CT molecular complexity index is 1300. The van der Waals surface area contributed by atoms with Crippen LogP contribution in [-0.2, 0) is 6.18 Å². The van der Waals surface area contributed by atoms with Crippen LogP contribution in [0, 0.1) is 6.92 Å². The Hall–Kier alpha value is -4.16. The first-order valence-corrected chi connectivity index (χ1v) is 11.6. The summed E-state index contributed by atoms with van der Waals surface area (Å²) in [6.45, 7) is 2.95. The highest BCUT2D eigenvalue weighted by Crippen LogP contribution is 2.34. The number of halogens is 3. The standard InChI is InChI=1S/C26H31F3N8O/c1-17-5-6-18(9-24(17)37(31)15-23(30)19-13-32-16-33-14-19)25(38)34-21-10-20(26(27,28)29)11-22(12-21)36(4)8-7-35(2)3/h5-6,9-16H,7-8,30-31H2,1-4H3,(H,34,38)/b23-15-. The van der Waals surface area contributed by atoms with E-state index in [-0.39, 0.29) is 11.3 Å². The highest BCUT2D eigenvalue weighted by atomic mass is 19.4. The number of hydrazine groups is 1. The summed E-state index contributed by atoms with van der Waals surface area (Å²) in [5.41, 5.74) is 7.89. The zero-order valence-electron chi connectivity index (χ0n) is 21.6. The quantitative estimate of drug-likeness (QED) is 0.285. The minimum Gasteiger partial charge on any atom is -0.397 e. The number of benzene rings is 2. The maximum absolute atomic E-state index is 13.6. The molecule has 5 N–H and O–H groups in total. The normalized spacial score (nSPS) is 12.0. The van der Waals surface area contributed by atoms with Crippen molar-refractivity contribution < 1.29 is 18.0 Å². The fourth-order valence-electron chi connectivity index (χ4n) is 3.52. The van der Waals surface area contributed by atoms with Gasteiger partial charge >= 0.3 is 6.18 Å². The Balaban J connectivity index is 1.87. The fourth-order valence-corrected chi connectivity index (χ4v) is 3.52. The summed E-state index contributed by atoms with van der Waals surface area (Å²) in [6, 6.07) is 8.28. The Morgan fingerprint density at radius 3 is 2.34 bits per heavy atom. The molecule has 1 amide bonds. The van der Waals surface area contributed by atoms with Crippen LogP contribution in [0.4, 0.5) is 30.2 Å². The molecule has 0 atom stereocenters. The van der Waals surface area contributed by atoms with Crippen LogP contribution >= 0.6 is 0 Å². The number of rotatable bonds is 9. The topological polar surface area (TPSA) is 117 Å². The predicted molar refractivity (Wildman–Crippen MR) is 143 cm³/mol. The van der Waals surface area contributed by atoms with Gasteiger partial charge in [0, 0.05) is 61.2 Å². The van der Waals surface area contributed by atoms with E-state index in [9.17, 15) is 18.0 Å². The summed E-state index contributed by atoms with van der Waals surface area (Å²) in [6.07, 6.45) is 1.32. The molecule has 3 aromatic rings. The Kier molecular flexibility index (Phi) is 8.92. The van der Waals surface area contributed by atoms with Crippen LogP contribution in [0.1, 0.15) is 27.0 Å². The lowest BCUT2D eigenvalue weighted by molar-refractivity contribution is -0.137. The van der Waals surface area contributed by atoms with E-state index in [0.717, 1.165) is 17.7 Å². The molecule has 0 saturated heterocycles. The van der Waals surface area contributed by atoms with E-state index < -0.39 is 17.6 Å². The Labute approximate surface area is 219 Å². The highest BCUT2D eigenvalue weighted by molar-refractivity contribution is 6.05. The third-order valence-corrected chi connectivity index (χ3v) is 5.75. The summed E-state index contributed by atoms with van der Waals surface area (Å²) < 4.78 is 40.8. The lowest BCUT2D eigenvalue weighted by Gasteiger charge is -2.23. The van der Waals surface area contributed by atoms with Crippen molar-refractivity contribution in [2.45, 2.75) is 13.1 Å². The van der Waals surface area contributed by atoms with Gasteiger partial charge in [-0.15, -0.1) is 0 Å². The molecule has 0 spiro atoms. The maximum atomic E-state index is 13.6. The predicted octanol–water partition coefficient (Wildman–Crippen LogP) is 3.69. The number of anilines is 3. The zero-order valence-corrected chi connectivity index (χ0v) is 21.6. The first-order valence-electron chi connectivity index (χ1n) is 11.6. The molecule has 0 bridgehead atoms. The van der Waals surface area contributed by atoms with E-state index in [2.05, 4.69) is 15.3 Å². The number of nitrogens with two attached hydrogens (primary N) is 2. The van der Waals surface area contributed by atoms with E-state index >= 15 is 0 Å². The summed E-state index contributed by atoms with van der Waals surface area (Å²) in [5.74, 6) is 5.61. The largest absolute Gasteiger partial charge is 0.416 e. The molecule has 0 radical (unpaired) electrons. The number of nitrogens with zero attached hydrogens (tertiary/aromatic N) is 5. The van der Waals surface area contributed by atoms with Crippen LogP contribution < -0.4 is 26.8 Å². The van der Waals surface area contributed by atoms with E-state index in [1.54, 1.807) is 31.0 Å². The van der Waals surface area contributed by atoms with Crippen molar-refractivity contribution in [2.24, 2.45) is 11.6 Å². The van der Waals surface area contributed by atoms with Crippen molar-refractivity contribution in [1.29, 1.82) is 0 Å². The van der Waals surface area contributed by atoms with Crippen molar-refractivity contribution in [3.63, 3.8) is 0 Å². The SMILES string of the molecule is Cc1ccc(C(=O)Nc2cc(N(C)CCN(C)C)cc(C(F)(F)F)c2)cc1N(N)/C=C(\N)c1cncnc1. The van der Waals surface area contributed by atoms with Crippen LogP contribution in [-0.4, -0.2) is 55.0 Å². The molecule has 12 heteroatoms. The Morgan fingerprint density at radius 2 is 1.71 bits per heavy atom. The number of amides is 1. The molecule has 0 unspecified atom stereocenters. The fraction of sp³-hybridized carbons (Fsp3) is 0.269. The number of hydrogen-bond donors (Lipinski definition) is 3. The molecule has 202 valence electrons. The molecule has 0 aliphatic rings. The van der Waals surface area contributed by atoms with Crippen LogP contribution in [0.3, 0.4) is 0 Å². The van der Waals surface area contributed by atoms with Crippen molar-refractivity contribution in [3.05, 3.63) is 83.6 Å². The average molecular weight is 529 g/mol. The molecular weight excluding hydrogens is 497 g/mol. The number of aryl methyl sites for hydroxylation is 1. The van der Waals surface area contributed by atoms with Crippen molar-refractivity contribution in [1.82, 2.24) is 14.9 Å². The lowest BCUT2D eigenvalue weighted by atomic mass is 10.1. The summed E-state index contributed by atoms with van der Waals surface area (Å²) >= 11 is 0. The Morgan fingerprint density at radius 1 is 1.03 bits per heavy atom. The number of carbonyl (C=O) groups excluding carboxylic acids is 1. The van der Waals surface area contributed by atoms with Crippen LogP contribution in [0.2, 0.25) is 0 Å². The van der Waals surface area contributed by atoms with Gasteiger partial charge in [-0.05, 0) is 56.9 Å². The third-order valence-electron chi connectivity index (χ3n) is 5.75. The van der Waals surface area contributed by atoms with Gasteiger partial charge in [0.05, 0.1) is 16.9 Å². The first-order chi connectivity index (χ1) is 17.8. The summed E-state index contributed by atoms with van der Waals surface area (Å²) in [4.78, 5) is 24.5. The number of aromatic nitrogens is 2. The molecule has 0 aliphatic heterocycles. The molecule has 1 heterocycles. The van der Waals surface area contributed by atoms with Gasteiger partial charge in [-0.2, -0.15) is 13.2 Å². The van der Waals surface area contributed by atoms with Gasteiger partial charge in [0.15, 0.2) is 0 Å². The van der Waals surface area contributed by atoms with Gasteiger partial charge in [-0.1, -0.05) is 6.07 Å². The van der Waals surface area contributed by atoms with Crippen molar-refractivity contribution in [3.8, 4) is 0 Å². The van der Waals surface area contributed by atoms with Gasteiger partial charge in [0.2, 0.25) is 0 Å². The van der Waals surface area contributed by atoms with Crippen LogP contribution in [0.25, 0.3) is 5.70 Å². The summed E-state index contributed by atoms with van der Waals surface area (Å²) in [7, 11) is 5.46. The van der Waals surface area contributed by atoms with Gasteiger partial charge in [0.25, 0.3) is 5.91 Å². The molecular formula is C26H31F3N8O. The highest BCUT2D eigenvalue weighted by Gasteiger charge is 2.32. The monoisotopic (exact) mass is 528 g/mol. The molecule has 1 aromatic heterocycles. The van der Waals surface area contributed by atoms with Gasteiger partial charge in [-0.3, -0.25) is 9.80 Å². The first kappa shape index (κ1) is 28.4. The molecule has 2 aromatic carbocycles. The second kappa shape index (κ2) is 11.9. The van der Waals surface area contributed by atoms with Gasteiger partial charge in [0.1, 0.15) is 6.33 Å². The molecule has 0 saturated carbocycles. The zero-order chi connectivity index (χ0) is 28.0. The van der Waals surface area contributed by atoms with Gasteiger partial charge in [-0.25, -0.2) is 15.8 Å². The van der Waals surface area contributed by atoms with E-state index in [0.29, 0.717) is 35.7 Å². The lowest BCUT2D eigenvalue weighted by Crippen LogP contribution is -2.28. The summed E-state index contributed by atoms with van der Waals surface area (Å²) in [5, 5.41) is 3.85. The molecule has 0 fully saturated rings. The maximum Gasteiger partial charge on any atom is 0.416 e. The van der Waals surface area contributed by atoms with E-state index in [4.69, 9.17) is 11.6 Å². The third kappa shape index (κ3) is 7.43. The number of nitrogens with one attached hydrogen (secondary N) is 1. The second-order valence-electron chi connectivity index (χ2n) is 9.07. The minimum atomic E-state index is -4.58. The van der Waals surface area contributed by atoms with Crippen LogP contribution in [0.5, 0.6) is 0 Å². The minimum absolute atomic E-state index is 0.0245. The number of carbonyl (C=O) groups is 1. The van der Waals surface area contributed by atoms with Crippen LogP contribution in [0.15, 0.2) is 61.3 Å². The van der Waals surface area contributed by atoms with Crippen molar-refractivity contribution in [2.75, 3.05) is 49.5 Å². The van der Waals surface area contributed by atoms with E-state index in [1.165, 1.54) is 42.1 Å². The molecule has 0 aliphatic carbocycles.